The van der Waals surface area contributed by atoms with Gasteiger partial charge < -0.3 is 14.2 Å². The van der Waals surface area contributed by atoms with Gasteiger partial charge in [-0.1, -0.05) is 0 Å². The molecule has 0 saturated carbocycles. The van der Waals surface area contributed by atoms with Gasteiger partial charge in [-0.15, -0.1) is 0 Å². The fourth-order valence-corrected chi connectivity index (χ4v) is 4.74. The number of rotatable bonds is 3. The van der Waals surface area contributed by atoms with Crippen LogP contribution in [-0.2, 0) is 30.4 Å². The average molecular weight is 404 g/mol. The molecule has 5 rings (SSSR count). The molecular weight excluding hydrogens is 378 g/mol. The quantitative estimate of drug-likeness (QED) is 0.781. The van der Waals surface area contributed by atoms with Crippen molar-refractivity contribution < 1.29 is 13.5 Å². The molecule has 0 aliphatic carbocycles. The minimum absolute atomic E-state index is 0.139. The second-order valence-electron chi connectivity index (χ2n) is 8.62. The number of alkyl halides is 2. The van der Waals surface area contributed by atoms with Crippen molar-refractivity contribution in [3.63, 3.8) is 0 Å². The summed E-state index contributed by atoms with van der Waals surface area (Å²) in [5.41, 5.74) is 3.07. The highest BCUT2D eigenvalue weighted by Gasteiger charge is 2.45. The van der Waals surface area contributed by atoms with Crippen molar-refractivity contribution in [1.29, 1.82) is 0 Å². The molecule has 0 bridgehead atoms. The second kappa shape index (κ2) is 6.98. The van der Waals surface area contributed by atoms with Crippen LogP contribution in [0.25, 0.3) is 0 Å². The molecule has 0 N–H and O–H groups in total. The number of piperidine rings is 1. The Labute approximate surface area is 168 Å². The molecule has 156 valence electrons. The molecule has 1 spiro atoms. The smallest absolute Gasteiger partial charge is 0.251 e. The summed E-state index contributed by atoms with van der Waals surface area (Å²) in [6.45, 7) is 4.40. The van der Waals surface area contributed by atoms with E-state index in [1.807, 2.05) is 35.2 Å². The summed E-state index contributed by atoms with van der Waals surface area (Å²) in [4.78, 5) is 17.9. The Balaban J connectivity index is 1.38. The molecule has 2 aromatic rings. The van der Waals surface area contributed by atoms with Crippen LogP contribution in [0.1, 0.15) is 36.2 Å². The Morgan fingerprint density at radius 2 is 1.97 bits per heavy atom. The topological polar surface area (TPSA) is 59.3 Å². The highest BCUT2D eigenvalue weighted by molar-refractivity contribution is 5.39. The van der Waals surface area contributed by atoms with Gasteiger partial charge in [-0.25, -0.2) is 23.7 Å². The maximum Gasteiger partial charge on any atom is 0.251 e. The molecule has 7 nitrogen and oxygen atoms in total. The molecular formula is C20H26F2N6O. The summed E-state index contributed by atoms with van der Waals surface area (Å²) in [6.07, 6.45) is 6.24. The summed E-state index contributed by atoms with van der Waals surface area (Å²) in [5.74, 6) is -2.00. The third kappa shape index (κ3) is 3.50. The molecule has 3 aliphatic rings. The van der Waals surface area contributed by atoms with Gasteiger partial charge in [0.25, 0.3) is 5.92 Å². The minimum Gasteiger partial charge on any atom is -0.376 e. The Morgan fingerprint density at radius 1 is 1.14 bits per heavy atom. The standard InChI is InChI=1S/C20H26F2N6O/c1-26-14-23-9-16(26)10-27-5-2-19(12-27)13-29-11-15-8-24-18(25-17(15)19)28-6-3-20(21,22)4-7-28/h8-9,14H,2-7,10-13H2,1H3/t19-/m0/s1. The molecule has 0 radical (unpaired) electrons. The van der Waals surface area contributed by atoms with Crippen molar-refractivity contribution in [2.75, 3.05) is 37.7 Å². The van der Waals surface area contributed by atoms with Gasteiger partial charge in [0.2, 0.25) is 5.95 Å². The summed E-state index contributed by atoms with van der Waals surface area (Å²) in [5, 5.41) is 0. The third-order valence-corrected chi connectivity index (χ3v) is 6.50. The predicted octanol–water partition coefficient (Wildman–Crippen LogP) is 2.12. The first kappa shape index (κ1) is 18.9. The lowest BCUT2D eigenvalue weighted by molar-refractivity contribution is -0.0223. The van der Waals surface area contributed by atoms with Gasteiger partial charge in [0.05, 0.1) is 36.3 Å². The number of likely N-dealkylation sites (tertiary alicyclic amines) is 1. The molecule has 29 heavy (non-hydrogen) atoms. The Morgan fingerprint density at radius 3 is 2.72 bits per heavy atom. The monoisotopic (exact) mass is 404 g/mol. The van der Waals surface area contributed by atoms with Gasteiger partial charge in [0, 0.05) is 64.0 Å². The maximum atomic E-state index is 13.5. The molecule has 5 heterocycles. The Kier molecular flexibility index (Phi) is 4.54. The molecule has 0 aromatic carbocycles. The largest absolute Gasteiger partial charge is 0.376 e. The number of imidazole rings is 1. The van der Waals surface area contributed by atoms with Crippen molar-refractivity contribution in [3.8, 4) is 0 Å². The fourth-order valence-electron chi connectivity index (χ4n) is 4.74. The van der Waals surface area contributed by atoms with E-state index in [9.17, 15) is 8.78 Å². The first-order chi connectivity index (χ1) is 13.9. The van der Waals surface area contributed by atoms with Crippen molar-refractivity contribution in [3.05, 3.63) is 35.7 Å². The van der Waals surface area contributed by atoms with Crippen molar-refractivity contribution in [1.82, 2.24) is 24.4 Å². The third-order valence-electron chi connectivity index (χ3n) is 6.50. The lowest BCUT2D eigenvalue weighted by Crippen LogP contribution is -2.43. The molecule has 0 unspecified atom stereocenters. The molecule has 2 saturated heterocycles. The van der Waals surface area contributed by atoms with Crippen LogP contribution in [0.3, 0.4) is 0 Å². The SMILES string of the molecule is Cn1cncc1CN1CC[C@@]2(COCc3cnc(N4CCC(F)(F)CC4)nc32)C1. The van der Waals surface area contributed by atoms with Crippen LogP contribution in [0.5, 0.6) is 0 Å². The van der Waals surface area contributed by atoms with Gasteiger partial charge in [-0.2, -0.15) is 0 Å². The van der Waals surface area contributed by atoms with E-state index in [1.54, 1.807) is 0 Å². The zero-order valence-corrected chi connectivity index (χ0v) is 16.7. The number of nitrogens with zero attached hydrogens (tertiary/aromatic N) is 6. The average Bonchev–Trinajstić information content (AvgIpc) is 3.29. The van der Waals surface area contributed by atoms with E-state index in [-0.39, 0.29) is 18.3 Å². The van der Waals surface area contributed by atoms with Crippen LogP contribution in [0.4, 0.5) is 14.7 Å². The highest BCUT2D eigenvalue weighted by Crippen LogP contribution is 2.40. The van der Waals surface area contributed by atoms with E-state index in [1.165, 1.54) is 5.69 Å². The van der Waals surface area contributed by atoms with Crippen LogP contribution in [0, 0.1) is 0 Å². The van der Waals surface area contributed by atoms with Crippen LogP contribution >= 0.6 is 0 Å². The maximum absolute atomic E-state index is 13.5. The molecule has 3 aliphatic heterocycles. The summed E-state index contributed by atoms with van der Waals surface area (Å²) < 4.78 is 35.0. The number of hydrogen-bond donors (Lipinski definition) is 0. The van der Waals surface area contributed by atoms with Gasteiger partial charge in [0.1, 0.15) is 0 Å². The molecule has 0 amide bonds. The number of halogens is 2. The summed E-state index contributed by atoms with van der Waals surface area (Å²) in [7, 11) is 2.01. The highest BCUT2D eigenvalue weighted by atomic mass is 19.3. The van der Waals surface area contributed by atoms with E-state index < -0.39 is 5.92 Å². The Bertz CT molecular complexity index is 893. The van der Waals surface area contributed by atoms with Crippen molar-refractivity contribution in [2.24, 2.45) is 7.05 Å². The zero-order chi connectivity index (χ0) is 20.1. The van der Waals surface area contributed by atoms with E-state index in [0.717, 1.165) is 37.3 Å². The molecule has 2 fully saturated rings. The lowest BCUT2D eigenvalue weighted by Gasteiger charge is -2.36. The van der Waals surface area contributed by atoms with E-state index >= 15 is 0 Å². The van der Waals surface area contributed by atoms with Crippen LogP contribution in [0.15, 0.2) is 18.7 Å². The van der Waals surface area contributed by atoms with E-state index in [4.69, 9.17) is 9.72 Å². The first-order valence-electron chi connectivity index (χ1n) is 10.2. The molecule has 2 aromatic heterocycles. The molecule has 9 heteroatoms. The lowest BCUT2D eigenvalue weighted by atomic mass is 9.80. The number of hydrogen-bond acceptors (Lipinski definition) is 6. The summed E-state index contributed by atoms with van der Waals surface area (Å²) in [6, 6.07) is 0. The number of fused-ring (bicyclic) bond motifs is 2. The number of aromatic nitrogens is 4. The molecule has 1 atom stereocenters. The fraction of sp³-hybridized carbons (Fsp3) is 0.650. The summed E-state index contributed by atoms with van der Waals surface area (Å²) >= 11 is 0. The first-order valence-corrected chi connectivity index (χ1v) is 10.2. The zero-order valence-electron chi connectivity index (χ0n) is 16.7. The van der Waals surface area contributed by atoms with Crippen LogP contribution in [-0.4, -0.2) is 63.1 Å². The van der Waals surface area contributed by atoms with Gasteiger partial charge in [-0.3, -0.25) is 4.90 Å². The van der Waals surface area contributed by atoms with Gasteiger partial charge in [0.15, 0.2) is 0 Å². The number of aryl methyl sites for hydroxylation is 1. The minimum atomic E-state index is -2.57. The normalized spacial score (nSPS) is 26.8. The van der Waals surface area contributed by atoms with Crippen LogP contribution < -0.4 is 4.90 Å². The van der Waals surface area contributed by atoms with Crippen LogP contribution in [0.2, 0.25) is 0 Å². The second-order valence-corrected chi connectivity index (χ2v) is 8.62. The van der Waals surface area contributed by atoms with Crippen molar-refractivity contribution in [2.45, 2.75) is 43.8 Å². The van der Waals surface area contributed by atoms with Gasteiger partial charge in [-0.05, 0) is 13.0 Å². The van der Waals surface area contributed by atoms with E-state index in [2.05, 4.69) is 14.9 Å². The van der Waals surface area contributed by atoms with Crippen molar-refractivity contribution >= 4 is 5.95 Å². The predicted molar refractivity (Wildman–Crippen MR) is 103 cm³/mol. The van der Waals surface area contributed by atoms with E-state index in [0.29, 0.717) is 32.3 Å². The number of anilines is 1. The Hall–Kier alpha value is -2.13. The van der Waals surface area contributed by atoms with Gasteiger partial charge >= 0.3 is 0 Å². The number of ether oxygens (including phenoxy) is 1.